The first kappa shape index (κ1) is 37.8. The molecule has 4 aliphatic carbocycles. The SMILES string of the molecule is C=C(C)C(=O)OCC(=O)OC12CC3CC(C(CC)(CC)OCC(C)(C)O)(C1)CC(C(CC)(CC)OCC(C)(O)C(F)(F)F)(C3)C2. The Labute approximate surface area is 266 Å². The van der Waals surface area contributed by atoms with Crippen LogP contribution in [-0.2, 0) is 28.5 Å². The van der Waals surface area contributed by atoms with Crippen LogP contribution < -0.4 is 0 Å². The van der Waals surface area contributed by atoms with E-state index in [0.717, 1.165) is 13.3 Å². The highest BCUT2D eigenvalue weighted by atomic mass is 19.4. The fraction of sp³-hybridized carbons (Fsp3) is 0.882. The Kier molecular flexibility index (Phi) is 10.7. The average Bonchev–Trinajstić information content (AvgIpc) is 2.90. The highest BCUT2D eigenvalue weighted by molar-refractivity contribution is 5.88. The minimum Gasteiger partial charge on any atom is -0.456 e. The van der Waals surface area contributed by atoms with Gasteiger partial charge in [-0.05, 0) is 97.8 Å². The number of hydrogen-bond acceptors (Lipinski definition) is 8. The molecule has 0 aromatic rings. The predicted molar refractivity (Wildman–Crippen MR) is 162 cm³/mol. The lowest BCUT2D eigenvalue weighted by Gasteiger charge is -2.73. The number of carbonyl (C=O) groups is 2. The number of halogens is 3. The second kappa shape index (κ2) is 12.7. The van der Waals surface area contributed by atoms with E-state index in [2.05, 4.69) is 6.58 Å². The van der Waals surface area contributed by atoms with Crippen LogP contribution in [0.4, 0.5) is 13.2 Å². The van der Waals surface area contributed by atoms with Crippen LogP contribution in [0.5, 0.6) is 0 Å². The van der Waals surface area contributed by atoms with Crippen molar-refractivity contribution in [3.63, 3.8) is 0 Å². The maximum atomic E-state index is 13.8. The normalized spacial score (nSPS) is 29.8. The smallest absolute Gasteiger partial charge is 0.419 e. The van der Waals surface area contributed by atoms with Gasteiger partial charge in [0.2, 0.25) is 0 Å². The zero-order chi connectivity index (χ0) is 34.3. The number of hydrogen-bond donors (Lipinski definition) is 2. The van der Waals surface area contributed by atoms with Crippen LogP contribution in [0.15, 0.2) is 12.2 Å². The van der Waals surface area contributed by atoms with Gasteiger partial charge in [0.1, 0.15) is 5.60 Å². The minimum absolute atomic E-state index is 0.0550. The van der Waals surface area contributed by atoms with Gasteiger partial charge >= 0.3 is 18.1 Å². The van der Waals surface area contributed by atoms with Crippen molar-refractivity contribution in [2.45, 2.75) is 154 Å². The quantitative estimate of drug-likeness (QED) is 0.142. The maximum Gasteiger partial charge on any atom is 0.419 e. The second-order valence-corrected chi connectivity index (χ2v) is 15.1. The van der Waals surface area contributed by atoms with Gasteiger partial charge in [-0.3, -0.25) is 0 Å². The topological polar surface area (TPSA) is 112 Å². The Morgan fingerprint density at radius 1 is 0.822 bits per heavy atom. The summed E-state index contributed by atoms with van der Waals surface area (Å²) in [4.78, 5) is 25.3. The molecule has 5 unspecified atom stereocenters. The number of rotatable bonds is 16. The molecule has 4 rings (SSSR count). The van der Waals surface area contributed by atoms with Gasteiger partial charge in [-0.15, -0.1) is 0 Å². The van der Waals surface area contributed by atoms with Crippen LogP contribution in [0.25, 0.3) is 0 Å². The van der Waals surface area contributed by atoms with Crippen molar-refractivity contribution in [3.8, 4) is 0 Å². The molecule has 11 heteroatoms. The van der Waals surface area contributed by atoms with Crippen molar-refractivity contribution >= 4 is 11.9 Å². The molecule has 0 heterocycles. The molecule has 4 aliphatic rings. The van der Waals surface area contributed by atoms with Crippen LogP contribution in [-0.4, -0.2) is 76.2 Å². The lowest BCUT2D eigenvalue weighted by molar-refractivity contribution is -0.328. The van der Waals surface area contributed by atoms with Gasteiger partial charge in [-0.2, -0.15) is 13.2 Å². The van der Waals surface area contributed by atoms with Gasteiger partial charge in [-0.25, -0.2) is 9.59 Å². The van der Waals surface area contributed by atoms with Crippen molar-refractivity contribution in [1.82, 2.24) is 0 Å². The number of ether oxygens (including phenoxy) is 4. The molecule has 4 bridgehead atoms. The van der Waals surface area contributed by atoms with Crippen LogP contribution in [0.1, 0.15) is 120 Å². The summed E-state index contributed by atoms with van der Waals surface area (Å²) in [5.41, 5.74) is -8.06. The molecular formula is C34H55F3O8. The molecule has 0 radical (unpaired) electrons. The first-order chi connectivity index (χ1) is 20.5. The van der Waals surface area contributed by atoms with Gasteiger partial charge in [-0.1, -0.05) is 34.3 Å². The Bertz CT molecular complexity index is 1100. The highest BCUT2D eigenvalue weighted by Gasteiger charge is 2.73. The first-order valence-corrected chi connectivity index (χ1v) is 16.4. The third kappa shape index (κ3) is 7.11. The molecule has 4 saturated carbocycles. The summed E-state index contributed by atoms with van der Waals surface area (Å²) in [6.45, 7) is 15.5. The Morgan fingerprint density at radius 2 is 1.29 bits per heavy atom. The van der Waals surface area contributed by atoms with Crippen molar-refractivity contribution < 1.29 is 51.9 Å². The van der Waals surface area contributed by atoms with Gasteiger partial charge in [0.25, 0.3) is 0 Å². The van der Waals surface area contributed by atoms with E-state index in [-0.39, 0.29) is 18.1 Å². The van der Waals surface area contributed by atoms with E-state index < -0.39 is 70.2 Å². The molecule has 8 nitrogen and oxygen atoms in total. The summed E-state index contributed by atoms with van der Waals surface area (Å²) in [6.07, 6.45) is 0.519. The predicted octanol–water partition coefficient (Wildman–Crippen LogP) is 6.59. The summed E-state index contributed by atoms with van der Waals surface area (Å²) in [5, 5.41) is 21.0. The molecule has 5 atom stereocenters. The molecule has 4 fully saturated rings. The zero-order valence-corrected chi connectivity index (χ0v) is 28.5. The van der Waals surface area contributed by atoms with E-state index in [1.807, 2.05) is 27.7 Å². The molecule has 0 spiro atoms. The second-order valence-electron chi connectivity index (χ2n) is 15.1. The summed E-state index contributed by atoms with van der Waals surface area (Å²) in [5.74, 6) is -1.35. The van der Waals surface area contributed by atoms with Gasteiger partial charge in [0.05, 0.1) is 30.0 Å². The number of aliphatic hydroxyl groups is 2. The molecule has 0 aliphatic heterocycles. The largest absolute Gasteiger partial charge is 0.456 e. The summed E-state index contributed by atoms with van der Waals surface area (Å²) >= 11 is 0. The molecule has 260 valence electrons. The van der Waals surface area contributed by atoms with Crippen LogP contribution in [0.2, 0.25) is 0 Å². The van der Waals surface area contributed by atoms with E-state index in [9.17, 15) is 33.0 Å². The van der Waals surface area contributed by atoms with Crippen molar-refractivity contribution in [3.05, 3.63) is 12.2 Å². The number of esters is 2. The molecule has 45 heavy (non-hydrogen) atoms. The third-order valence-corrected chi connectivity index (χ3v) is 11.2. The summed E-state index contributed by atoms with van der Waals surface area (Å²) in [7, 11) is 0. The molecular weight excluding hydrogens is 593 g/mol. The number of alkyl halides is 3. The van der Waals surface area contributed by atoms with E-state index in [0.29, 0.717) is 57.8 Å². The molecule has 2 N–H and O–H groups in total. The first-order valence-electron chi connectivity index (χ1n) is 16.4. The Balaban J connectivity index is 2.14. The van der Waals surface area contributed by atoms with Crippen LogP contribution in [0, 0.1) is 16.7 Å². The monoisotopic (exact) mass is 648 g/mol. The van der Waals surface area contributed by atoms with Gasteiger partial charge in [0.15, 0.2) is 12.2 Å². The average molecular weight is 649 g/mol. The molecule has 0 amide bonds. The van der Waals surface area contributed by atoms with Crippen molar-refractivity contribution in [1.29, 1.82) is 0 Å². The standard InChI is InChI=1S/C34H55F3O8/c1-10-32(11-2,43-21-27(7,8)40)29-14-24-15-30(18-29,33(12-3,13-4)44-22-28(9,41)34(35,36)37)20-31(16-24,19-29)45-25(38)17-42-26(39)23(5)6/h24,40-41H,5,10-22H2,1-4,6-9H3. The lowest BCUT2D eigenvalue weighted by Crippen LogP contribution is -2.72. The summed E-state index contributed by atoms with van der Waals surface area (Å²) < 4.78 is 65.8. The van der Waals surface area contributed by atoms with E-state index >= 15 is 0 Å². The lowest BCUT2D eigenvalue weighted by atomic mass is 9.36. The fourth-order valence-corrected chi connectivity index (χ4v) is 9.39. The maximum absolute atomic E-state index is 13.8. The van der Waals surface area contributed by atoms with Crippen molar-refractivity contribution in [2.24, 2.45) is 16.7 Å². The van der Waals surface area contributed by atoms with Gasteiger partial charge in [0, 0.05) is 16.4 Å². The molecule has 0 aromatic carbocycles. The van der Waals surface area contributed by atoms with E-state index in [1.54, 1.807) is 13.8 Å². The Hall–Kier alpha value is -1.69. The van der Waals surface area contributed by atoms with E-state index in [4.69, 9.17) is 18.9 Å². The molecule has 0 saturated heterocycles. The summed E-state index contributed by atoms with van der Waals surface area (Å²) in [6, 6.07) is 0. The number of carbonyl (C=O) groups excluding carboxylic acids is 2. The van der Waals surface area contributed by atoms with Crippen LogP contribution >= 0.6 is 0 Å². The zero-order valence-electron chi connectivity index (χ0n) is 28.5. The highest BCUT2D eigenvalue weighted by Crippen LogP contribution is 2.75. The fourth-order valence-electron chi connectivity index (χ4n) is 9.39. The molecule has 0 aromatic heterocycles. The minimum atomic E-state index is -4.88. The van der Waals surface area contributed by atoms with Gasteiger partial charge < -0.3 is 29.2 Å². The van der Waals surface area contributed by atoms with Crippen LogP contribution in [0.3, 0.4) is 0 Å². The van der Waals surface area contributed by atoms with E-state index in [1.165, 1.54) is 6.92 Å². The third-order valence-electron chi connectivity index (χ3n) is 11.2. The Morgan fingerprint density at radius 3 is 1.69 bits per heavy atom. The van der Waals surface area contributed by atoms with Crippen molar-refractivity contribution in [2.75, 3.05) is 19.8 Å².